The lowest BCUT2D eigenvalue weighted by atomic mass is 10.0. The van der Waals surface area contributed by atoms with Crippen LogP contribution in [-0.2, 0) is 19.1 Å². The van der Waals surface area contributed by atoms with Crippen LogP contribution < -0.4 is 0 Å². The van der Waals surface area contributed by atoms with Gasteiger partial charge < -0.3 is 9.47 Å². The van der Waals surface area contributed by atoms with E-state index in [0.29, 0.717) is 0 Å². The van der Waals surface area contributed by atoms with Gasteiger partial charge in [0.25, 0.3) is 0 Å². The monoisotopic (exact) mass is 226 g/mol. The van der Waals surface area contributed by atoms with Crippen LogP contribution in [0.5, 0.6) is 0 Å². The fraction of sp³-hybridized carbons (Fsp3) is 0.500. The first-order chi connectivity index (χ1) is 7.60. The minimum absolute atomic E-state index is 0.0883. The van der Waals surface area contributed by atoms with Crippen molar-refractivity contribution < 1.29 is 19.1 Å². The van der Waals surface area contributed by atoms with Gasteiger partial charge in [0, 0.05) is 12.8 Å². The molecule has 0 amide bonds. The van der Waals surface area contributed by atoms with Crippen LogP contribution in [0.2, 0.25) is 0 Å². The molecule has 0 saturated carbocycles. The van der Waals surface area contributed by atoms with E-state index >= 15 is 0 Å². The van der Waals surface area contributed by atoms with E-state index in [0.717, 1.165) is 0 Å². The molecule has 16 heavy (non-hydrogen) atoms. The lowest BCUT2D eigenvalue weighted by Crippen LogP contribution is -2.14. The van der Waals surface area contributed by atoms with E-state index in [-0.39, 0.29) is 43.9 Å². The highest BCUT2D eigenvalue weighted by molar-refractivity contribution is 5.73. The highest BCUT2D eigenvalue weighted by Crippen LogP contribution is 2.09. The van der Waals surface area contributed by atoms with Crippen LogP contribution in [0.1, 0.15) is 19.8 Å². The van der Waals surface area contributed by atoms with Crippen molar-refractivity contribution in [3.63, 3.8) is 0 Å². The minimum Gasteiger partial charge on any atom is -0.461 e. The fourth-order valence-electron chi connectivity index (χ4n) is 1.06. The average molecular weight is 226 g/mol. The number of carbonyl (C=O) groups excluding carboxylic acids is 2. The van der Waals surface area contributed by atoms with Crippen molar-refractivity contribution in [2.24, 2.45) is 5.92 Å². The van der Waals surface area contributed by atoms with Gasteiger partial charge in [0.2, 0.25) is 0 Å². The molecule has 0 unspecified atom stereocenters. The molecule has 0 spiro atoms. The summed E-state index contributed by atoms with van der Waals surface area (Å²) in [6.07, 6.45) is 3.41. The van der Waals surface area contributed by atoms with Crippen LogP contribution in [-0.4, -0.2) is 25.2 Å². The predicted molar refractivity (Wildman–Crippen MR) is 60.7 cm³/mol. The van der Waals surface area contributed by atoms with Crippen LogP contribution in [0.4, 0.5) is 0 Å². The normalized spacial score (nSPS) is 9.62. The fourth-order valence-corrected chi connectivity index (χ4v) is 1.06. The number of ether oxygens (including phenoxy) is 2. The smallest absolute Gasteiger partial charge is 0.306 e. The summed E-state index contributed by atoms with van der Waals surface area (Å²) in [5.41, 5.74) is 0. The molecule has 0 aliphatic rings. The van der Waals surface area contributed by atoms with Gasteiger partial charge in [0.1, 0.15) is 13.2 Å². The highest BCUT2D eigenvalue weighted by atomic mass is 16.5. The largest absolute Gasteiger partial charge is 0.461 e. The molecule has 4 heteroatoms. The lowest BCUT2D eigenvalue weighted by molar-refractivity contribution is -0.145. The summed E-state index contributed by atoms with van der Waals surface area (Å²) in [6, 6.07) is 0. The van der Waals surface area contributed by atoms with Crippen molar-refractivity contribution in [1.29, 1.82) is 0 Å². The van der Waals surface area contributed by atoms with Gasteiger partial charge in [-0.1, -0.05) is 32.2 Å². The van der Waals surface area contributed by atoms with Crippen LogP contribution in [0.25, 0.3) is 0 Å². The summed E-state index contributed by atoms with van der Waals surface area (Å²) < 4.78 is 9.60. The summed E-state index contributed by atoms with van der Waals surface area (Å²) >= 11 is 0. The van der Waals surface area contributed by atoms with Crippen molar-refractivity contribution >= 4 is 11.9 Å². The Morgan fingerprint density at radius 3 is 1.75 bits per heavy atom. The standard InChI is InChI=1S/C12H18O4/c1-4-6-15-11(13)8-10(3)9-12(14)16-7-5-2/h4-5,10H,1-2,6-9H2,3H3. The zero-order valence-corrected chi connectivity index (χ0v) is 9.61. The summed E-state index contributed by atoms with van der Waals surface area (Å²) in [6.45, 7) is 9.06. The Bertz CT molecular complexity index is 232. The van der Waals surface area contributed by atoms with Crippen molar-refractivity contribution in [2.75, 3.05) is 13.2 Å². The van der Waals surface area contributed by atoms with E-state index in [9.17, 15) is 9.59 Å². The third kappa shape index (κ3) is 7.79. The van der Waals surface area contributed by atoms with Crippen LogP contribution in [0, 0.1) is 5.92 Å². The number of esters is 2. The van der Waals surface area contributed by atoms with Crippen LogP contribution in [0.3, 0.4) is 0 Å². The first kappa shape index (κ1) is 14.4. The minimum atomic E-state index is -0.330. The molecule has 0 aliphatic carbocycles. The Balaban J connectivity index is 3.75. The van der Waals surface area contributed by atoms with E-state index in [1.54, 1.807) is 6.92 Å². The van der Waals surface area contributed by atoms with E-state index in [1.807, 2.05) is 0 Å². The Morgan fingerprint density at radius 2 is 1.44 bits per heavy atom. The number of carbonyl (C=O) groups is 2. The van der Waals surface area contributed by atoms with E-state index in [2.05, 4.69) is 13.2 Å². The SMILES string of the molecule is C=CCOC(=O)CC(C)CC(=O)OCC=C. The van der Waals surface area contributed by atoms with E-state index in [4.69, 9.17) is 9.47 Å². The number of rotatable bonds is 8. The molecule has 0 saturated heterocycles. The van der Waals surface area contributed by atoms with Gasteiger partial charge in [-0.2, -0.15) is 0 Å². The molecule has 0 N–H and O–H groups in total. The van der Waals surface area contributed by atoms with Gasteiger partial charge >= 0.3 is 11.9 Å². The molecule has 0 aromatic heterocycles. The first-order valence-corrected chi connectivity index (χ1v) is 5.13. The summed E-state index contributed by atoms with van der Waals surface area (Å²) in [5.74, 6) is -0.748. The van der Waals surface area contributed by atoms with Gasteiger partial charge in [-0.3, -0.25) is 9.59 Å². The molecule has 0 aliphatic heterocycles. The third-order valence-electron chi connectivity index (χ3n) is 1.75. The molecule has 0 rings (SSSR count). The summed E-state index contributed by atoms with van der Waals surface area (Å²) in [5, 5.41) is 0. The quantitative estimate of drug-likeness (QED) is 0.468. The zero-order chi connectivity index (χ0) is 12.4. The Morgan fingerprint density at radius 1 is 1.06 bits per heavy atom. The molecule has 0 radical (unpaired) electrons. The number of hydrogen-bond donors (Lipinski definition) is 0. The molecule has 0 bridgehead atoms. The highest BCUT2D eigenvalue weighted by Gasteiger charge is 2.14. The maximum absolute atomic E-state index is 11.2. The zero-order valence-electron chi connectivity index (χ0n) is 9.61. The molecule has 0 aromatic rings. The first-order valence-electron chi connectivity index (χ1n) is 5.13. The van der Waals surface area contributed by atoms with Crippen molar-refractivity contribution in [1.82, 2.24) is 0 Å². The Hall–Kier alpha value is -1.58. The van der Waals surface area contributed by atoms with Gasteiger partial charge in [0.15, 0.2) is 0 Å². The van der Waals surface area contributed by atoms with Crippen LogP contribution in [0.15, 0.2) is 25.3 Å². The molecule has 0 fully saturated rings. The maximum atomic E-state index is 11.2. The Kier molecular flexibility index (Phi) is 7.85. The molecular weight excluding hydrogens is 208 g/mol. The average Bonchev–Trinajstić information content (AvgIpc) is 2.23. The topological polar surface area (TPSA) is 52.6 Å². The second-order valence-electron chi connectivity index (χ2n) is 3.46. The second-order valence-corrected chi connectivity index (χ2v) is 3.46. The Labute approximate surface area is 95.9 Å². The summed E-state index contributed by atoms with van der Waals surface area (Å²) in [7, 11) is 0. The van der Waals surface area contributed by atoms with E-state index < -0.39 is 0 Å². The lowest BCUT2D eigenvalue weighted by Gasteiger charge is -2.09. The van der Waals surface area contributed by atoms with Crippen LogP contribution >= 0.6 is 0 Å². The molecule has 90 valence electrons. The summed E-state index contributed by atoms with van der Waals surface area (Å²) in [4.78, 5) is 22.3. The van der Waals surface area contributed by atoms with Crippen molar-refractivity contribution in [3.8, 4) is 0 Å². The van der Waals surface area contributed by atoms with E-state index in [1.165, 1.54) is 12.2 Å². The van der Waals surface area contributed by atoms with Gasteiger partial charge in [-0.25, -0.2) is 0 Å². The van der Waals surface area contributed by atoms with Gasteiger partial charge in [-0.15, -0.1) is 0 Å². The van der Waals surface area contributed by atoms with Gasteiger partial charge in [0.05, 0.1) is 0 Å². The number of hydrogen-bond acceptors (Lipinski definition) is 4. The molecule has 0 heterocycles. The third-order valence-corrected chi connectivity index (χ3v) is 1.75. The maximum Gasteiger partial charge on any atom is 0.306 e. The molecule has 0 aromatic carbocycles. The van der Waals surface area contributed by atoms with Crippen molar-refractivity contribution in [3.05, 3.63) is 25.3 Å². The van der Waals surface area contributed by atoms with Crippen molar-refractivity contribution in [2.45, 2.75) is 19.8 Å². The van der Waals surface area contributed by atoms with Gasteiger partial charge in [-0.05, 0) is 5.92 Å². The molecular formula is C12H18O4. The molecule has 0 atom stereocenters. The predicted octanol–water partition coefficient (Wildman–Crippen LogP) is 1.86. The molecule has 4 nitrogen and oxygen atoms in total. The second kappa shape index (κ2) is 8.71.